The van der Waals surface area contributed by atoms with Gasteiger partial charge in [0.15, 0.2) is 0 Å². The van der Waals surface area contributed by atoms with Crippen LogP contribution >= 0.6 is 0 Å². The van der Waals surface area contributed by atoms with Crippen LogP contribution in [-0.2, 0) is 4.79 Å². The molecule has 116 valence electrons. The van der Waals surface area contributed by atoms with E-state index in [9.17, 15) is 4.79 Å². The molecule has 0 heterocycles. The summed E-state index contributed by atoms with van der Waals surface area (Å²) >= 11 is 0. The molecule has 2 aromatic rings. The summed E-state index contributed by atoms with van der Waals surface area (Å²) in [5, 5.41) is 6.10. The van der Waals surface area contributed by atoms with Crippen molar-refractivity contribution in [2.45, 2.75) is 19.9 Å². The summed E-state index contributed by atoms with van der Waals surface area (Å²) in [4.78, 5) is 12.0. The first-order chi connectivity index (χ1) is 10.6. The number of anilines is 1. The molecule has 1 amide bonds. The van der Waals surface area contributed by atoms with E-state index < -0.39 is 0 Å². The number of hydrogen-bond acceptors (Lipinski definition) is 3. The second-order valence-corrected chi connectivity index (χ2v) is 5.26. The van der Waals surface area contributed by atoms with Gasteiger partial charge in [-0.05, 0) is 37.6 Å². The standard InChI is InChI=1S/C18H22N2O2/c1-13-7-6-8-15(11-13)20-18(21)12-19-14(2)16-9-4-5-10-17(16)22-3/h4-11,14,19H,12H2,1-3H3,(H,20,21)/t14-/m0/s1. The third-order valence-corrected chi connectivity index (χ3v) is 3.48. The Morgan fingerprint density at radius 2 is 1.95 bits per heavy atom. The van der Waals surface area contributed by atoms with Gasteiger partial charge in [-0.2, -0.15) is 0 Å². The van der Waals surface area contributed by atoms with Gasteiger partial charge in [-0.1, -0.05) is 30.3 Å². The zero-order valence-electron chi connectivity index (χ0n) is 13.2. The number of carbonyl (C=O) groups excluding carboxylic acids is 1. The maximum atomic E-state index is 12.0. The number of nitrogens with one attached hydrogen (secondary N) is 2. The van der Waals surface area contributed by atoms with E-state index >= 15 is 0 Å². The number of rotatable bonds is 6. The van der Waals surface area contributed by atoms with Crippen molar-refractivity contribution in [1.82, 2.24) is 5.32 Å². The van der Waals surface area contributed by atoms with E-state index in [-0.39, 0.29) is 18.5 Å². The maximum Gasteiger partial charge on any atom is 0.238 e. The molecule has 0 unspecified atom stereocenters. The van der Waals surface area contributed by atoms with Gasteiger partial charge in [-0.25, -0.2) is 0 Å². The highest BCUT2D eigenvalue weighted by Gasteiger charge is 2.11. The van der Waals surface area contributed by atoms with E-state index in [0.717, 1.165) is 22.6 Å². The van der Waals surface area contributed by atoms with Gasteiger partial charge in [0.1, 0.15) is 5.75 Å². The van der Waals surface area contributed by atoms with Gasteiger partial charge in [0, 0.05) is 17.3 Å². The molecule has 2 N–H and O–H groups in total. The van der Waals surface area contributed by atoms with Crippen LogP contribution in [0.15, 0.2) is 48.5 Å². The number of para-hydroxylation sites is 1. The summed E-state index contributed by atoms with van der Waals surface area (Å²) in [7, 11) is 1.65. The highest BCUT2D eigenvalue weighted by Crippen LogP contribution is 2.24. The topological polar surface area (TPSA) is 50.4 Å². The van der Waals surface area contributed by atoms with Crippen molar-refractivity contribution >= 4 is 11.6 Å². The van der Waals surface area contributed by atoms with Crippen LogP contribution in [-0.4, -0.2) is 19.6 Å². The van der Waals surface area contributed by atoms with Crippen molar-refractivity contribution in [3.05, 3.63) is 59.7 Å². The molecule has 0 saturated carbocycles. The molecule has 0 radical (unpaired) electrons. The van der Waals surface area contributed by atoms with Crippen LogP contribution in [0, 0.1) is 6.92 Å². The van der Waals surface area contributed by atoms with E-state index in [0.29, 0.717) is 0 Å². The molecule has 0 aromatic heterocycles. The molecule has 0 bridgehead atoms. The fraction of sp³-hybridized carbons (Fsp3) is 0.278. The van der Waals surface area contributed by atoms with Crippen molar-refractivity contribution in [1.29, 1.82) is 0 Å². The Kier molecular flexibility index (Phi) is 5.55. The lowest BCUT2D eigenvalue weighted by Crippen LogP contribution is -2.30. The van der Waals surface area contributed by atoms with Gasteiger partial charge < -0.3 is 15.4 Å². The van der Waals surface area contributed by atoms with E-state index in [1.807, 2.05) is 62.4 Å². The lowest BCUT2D eigenvalue weighted by molar-refractivity contribution is -0.115. The third-order valence-electron chi connectivity index (χ3n) is 3.48. The minimum absolute atomic E-state index is 0.0272. The normalized spacial score (nSPS) is 11.8. The highest BCUT2D eigenvalue weighted by atomic mass is 16.5. The highest BCUT2D eigenvalue weighted by molar-refractivity contribution is 5.92. The molecule has 0 saturated heterocycles. The Bertz CT molecular complexity index is 640. The predicted molar refractivity (Wildman–Crippen MR) is 89.2 cm³/mol. The molecule has 0 spiro atoms. The predicted octanol–water partition coefficient (Wildman–Crippen LogP) is 3.29. The van der Waals surface area contributed by atoms with Gasteiger partial charge in [-0.15, -0.1) is 0 Å². The third kappa shape index (κ3) is 4.33. The van der Waals surface area contributed by atoms with Crippen LogP contribution in [0.4, 0.5) is 5.69 Å². The van der Waals surface area contributed by atoms with Crippen molar-refractivity contribution in [2.75, 3.05) is 19.0 Å². The van der Waals surface area contributed by atoms with Gasteiger partial charge in [0.2, 0.25) is 5.91 Å². The minimum Gasteiger partial charge on any atom is -0.496 e. The molecule has 1 atom stereocenters. The molecule has 2 aromatic carbocycles. The number of aryl methyl sites for hydroxylation is 1. The van der Waals surface area contributed by atoms with Crippen LogP contribution in [0.25, 0.3) is 0 Å². The largest absolute Gasteiger partial charge is 0.496 e. The summed E-state index contributed by atoms with van der Waals surface area (Å²) in [6.45, 7) is 4.25. The van der Waals surface area contributed by atoms with Gasteiger partial charge in [0.25, 0.3) is 0 Å². The number of carbonyl (C=O) groups is 1. The number of benzene rings is 2. The van der Waals surface area contributed by atoms with Crippen LogP contribution in [0.5, 0.6) is 5.75 Å². The molecule has 4 nitrogen and oxygen atoms in total. The lowest BCUT2D eigenvalue weighted by atomic mass is 10.1. The summed E-state index contributed by atoms with van der Waals surface area (Å²) < 4.78 is 5.34. The Hall–Kier alpha value is -2.33. The van der Waals surface area contributed by atoms with Crippen LogP contribution in [0.1, 0.15) is 24.1 Å². The first-order valence-electron chi connectivity index (χ1n) is 7.33. The Balaban J connectivity index is 1.90. The number of ether oxygens (including phenoxy) is 1. The Labute approximate surface area is 131 Å². The van der Waals surface area contributed by atoms with Crippen LogP contribution < -0.4 is 15.4 Å². The van der Waals surface area contributed by atoms with Crippen molar-refractivity contribution in [2.24, 2.45) is 0 Å². The summed E-state index contributed by atoms with van der Waals surface area (Å²) in [5.74, 6) is 0.758. The van der Waals surface area contributed by atoms with Crippen molar-refractivity contribution in [3.8, 4) is 5.75 Å². The number of hydrogen-bond donors (Lipinski definition) is 2. The second kappa shape index (κ2) is 7.61. The van der Waals surface area contributed by atoms with E-state index in [4.69, 9.17) is 4.74 Å². The molecular weight excluding hydrogens is 276 g/mol. The van der Waals surface area contributed by atoms with Gasteiger partial charge in [-0.3, -0.25) is 4.79 Å². The average molecular weight is 298 g/mol. The second-order valence-electron chi connectivity index (χ2n) is 5.26. The first kappa shape index (κ1) is 16.0. The molecule has 22 heavy (non-hydrogen) atoms. The number of amides is 1. The van der Waals surface area contributed by atoms with Crippen molar-refractivity contribution < 1.29 is 9.53 Å². The molecular formula is C18H22N2O2. The molecule has 0 aliphatic rings. The Morgan fingerprint density at radius 3 is 2.68 bits per heavy atom. The quantitative estimate of drug-likeness (QED) is 0.860. The Morgan fingerprint density at radius 1 is 1.18 bits per heavy atom. The van der Waals surface area contributed by atoms with Gasteiger partial charge in [0.05, 0.1) is 13.7 Å². The zero-order valence-corrected chi connectivity index (χ0v) is 13.2. The monoisotopic (exact) mass is 298 g/mol. The SMILES string of the molecule is COc1ccccc1[C@H](C)NCC(=O)Nc1cccc(C)c1. The van der Waals surface area contributed by atoms with E-state index in [2.05, 4.69) is 10.6 Å². The average Bonchev–Trinajstić information content (AvgIpc) is 2.52. The first-order valence-corrected chi connectivity index (χ1v) is 7.33. The van der Waals surface area contributed by atoms with Gasteiger partial charge >= 0.3 is 0 Å². The molecule has 0 aliphatic heterocycles. The maximum absolute atomic E-state index is 12.0. The molecule has 0 aliphatic carbocycles. The summed E-state index contributed by atoms with van der Waals surface area (Å²) in [6, 6.07) is 15.6. The minimum atomic E-state index is -0.0626. The number of methoxy groups -OCH3 is 1. The van der Waals surface area contributed by atoms with E-state index in [1.165, 1.54) is 0 Å². The molecule has 2 rings (SSSR count). The molecule has 0 fully saturated rings. The van der Waals surface area contributed by atoms with Crippen LogP contribution in [0.3, 0.4) is 0 Å². The van der Waals surface area contributed by atoms with E-state index in [1.54, 1.807) is 7.11 Å². The van der Waals surface area contributed by atoms with Crippen molar-refractivity contribution in [3.63, 3.8) is 0 Å². The van der Waals surface area contributed by atoms with Crippen LogP contribution in [0.2, 0.25) is 0 Å². The lowest BCUT2D eigenvalue weighted by Gasteiger charge is -2.17. The summed E-state index contributed by atoms with van der Waals surface area (Å²) in [6.07, 6.45) is 0. The zero-order chi connectivity index (χ0) is 15.9. The molecule has 4 heteroatoms. The summed E-state index contributed by atoms with van der Waals surface area (Å²) in [5.41, 5.74) is 2.97. The fourth-order valence-electron chi connectivity index (χ4n) is 2.31. The smallest absolute Gasteiger partial charge is 0.238 e. The fourth-order valence-corrected chi connectivity index (χ4v) is 2.31.